The quantitative estimate of drug-likeness (QED) is 0.713. The second-order valence-electron chi connectivity index (χ2n) is 3.88. The van der Waals surface area contributed by atoms with E-state index >= 15 is 0 Å². The molecule has 6 nitrogen and oxygen atoms in total. The van der Waals surface area contributed by atoms with Crippen LogP contribution in [0.25, 0.3) is 0 Å². The Morgan fingerprint density at radius 1 is 1.32 bits per heavy atom. The lowest BCUT2D eigenvalue weighted by atomic mass is 10.0. The molecule has 0 aliphatic heterocycles. The van der Waals surface area contributed by atoms with E-state index in [1.54, 1.807) is 19.1 Å². The number of aromatic nitrogens is 1. The molecule has 1 aromatic rings. The number of aliphatic hydroxyl groups is 2. The summed E-state index contributed by atoms with van der Waals surface area (Å²) in [6.45, 7) is 4.26. The summed E-state index contributed by atoms with van der Waals surface area (Å²) in [4.78, 5) is 15.2. The second kappa shape index (κ2) is 7.70. The zero-order valence-electron chi connectivity index (χ0n) is 11.1. The van der Waals surface area contributed by atoms with Crippen molar-refractivity contribution in [1.29, 1.82) is 0 Å². The fraction of sp³-hybridized carbons (Fsp3) is 0.538. The number of ether oxygens (including phenoxy) is 2. The molecule has 1 heterocycles. The normalized spacial score (nSPS) is 13.7. The predicted molar refractivity (Wildman–Crippen MR) is 67.6 cm³/mol. The van der Waals surface area contributed by atoms with Gasteiger partial charge in [-0.1, -0.05) is 0 Å². The zero-order valence-corrected chi connectivity index (χ0v) is 11.1. The van der Waals surface area contributed by atoms with Gasteiger partial charge in [-0.15, -0.1) is 0 Å². The highest BCUT2D eigenvalue weighted by molar-refractivity contribution is 5.70. The number of carbonyl (C=O) groups excluding carboxylic acids is 1. The fourth-order valence-corrected chi connectivity index (χ4v) is 1.52. The molecule has 106 valence electrons. The van der Waals surface area contributed by atoms with Gasteiger partial charge < -0.3 is 19.7 Å². The van der Waals surface area contributed by atoms with Gasteiger partial charge in [0, 0.05) is 17.8 Å². The number of carbonyl (C=O) groups is 1. The monoisotopic (exact) mass is 269 g/mol. The largest absolute Gasteiger partial charge is 0.478 e. The Balaban J connectivity index is 2.60. The molecule has 1 aromatic heterocycles. The molecule has 2 atom stereocenters. The Bertz CT molecular complexity index is 393. The van der Waals surface area contributed by atoms with Crippen molar-refractivity contribution in [3.8, 4) is 5.88 Å². The van der Waals surface area contributed by atoms with Crippen LogP contribution >= 0.6 is 0 Å². The molecular weight excluding hydrogens is 250 g/mol. The molecule has 2 N–H and O–H groups in total. The molecule has 0 saturated heterocycles. The van der Waals surface area contributed by atoms with Crippen molar-refractivity contribution in [3.63, 3.8) is 0 Å². The maximum absolute atomic E-state index is 11.2. The average Bonchev–Trinajstić information content (AvgIpc) is 2.39. The maximum atomic E-state index is 11.2. The SMILES string of the molecule is CCOC(=O)CC(O)C(O)c1ccc(OCC)nc1. The first-order valence-corrected chi connectivity index (χ1v) is 6.19. The Labute approximate surface area is 112 Å². The first-order valence-electron chi connectivity index (χ1n) is 6.19. The number of hydrogen-bond acceptors (Lipinski definition) is 6. The summed E-state index contributed by atoms with van der Waals surface area (Å²) < 4.78 is 9.87. The molecular formula is C13H19NO5. The van der Waals surface area contributed by atoms with E-state index in [0.29, 0.717) is 18.1 Å². The first-order chi connectivity index (χ1) is 9.08. The molecule has 19 heavy (non-hydrogen) atoms. The minimum Gasteiger partial charge on any atom is -0.478 e. The van der Waals surface area contributed by atoms with Gasteiger partial charge in [-0.2, -0.15) is 0 Å². The predicted octanol–water partition coefficient (Wildman–Crippen LogP) is 0.828. The van der Waals surface area contributed by atoms with E-state index in [1.165, 1.54) is 6.20 Å². The van der Waals surface area contributed by atoms with Crippen molar-refractivity contribution < 1.29 is 24.5 Å². The van der Waals surface area contributed by atoms with E-state index in [2.05, 4.69) is 4.98 Å². The highest BCUT2D eigenvalue weighted by atomic mass is 16.5. The maximum Gasteiger partial charge on any atom is 0.308 e. The third-order valence-electron chi connectivity index (χ3n) is 2.44. The second-order valence-corrected chi connectivity index (χ2v) is 3.88. The van der Waals surface area contributed by atoms with Crippen LogP contribution in [0, 0.1) is 0 Å². The molecule has 0 spiro atoms. The number of nitrogens with zero attached hydrogens (tertiary/aromatic N) is 1. The summed E-state index contributed by atoms with van der Waals surface area (Å²) in [7, 11) is 0. The number of esters is 1. The Kier molecular flexibility index (Phi) is 6.24. The van der Waals surface area contributed by atoms with Crippen LogP contribution in [0.5, 0.6) is 5.88 Å². The molecule has 0 bridgehead atoms. The van der Waals surface area contributed by atoms with Gasteiger partial charge >= 0.3 is 5.97 Å². The lowest BCUT2D eigenvalue weighted by Gasteiger charge is -2.17. The van der Waals surface area contributed by atoms with Gasteiger partial charge in [-0.05, 0) is 19.9 Å². The third kappa shape index (κ3) is 4.84. The number of pyridine rings is 1. The number of rotatable bonds is 7. The van der Waals surface area contributed by atoms with Crippen LogP contribution in [0.2, 0.25) is 0 Å². The van der Waals surface area contributed by atoms with Crippen molar-refractivity contribution in [1.82, 2.24) is 4.98 Å². The lowest BCUT2D eigenvalue weighted by Crippen LogP contribution is -2.23. The molecule has 0 fully saturated rings. The summed E-state index contributed by atoms with van der Waals surface area (Å²) in [6, 6.07) is 3.19. The average molecular weight is 269 g/mol. The van der Waals surface area contributed by atoms with Crippen LogP contribution < -0.4 is 4.74 Å². The Morgan fingerprint density at radius 3 is 2.58 bits per heavy atom. The van der Waals surface area contributed by atoms with Gasteiger partial charge in [0.2, 0.25) is 5.88 Å². The highest BCUT2D eigenvalue weighted by Crippen LogP contribution is 2.20. The molecule has 0 aliphatic rings. The smallest absolute Gasteiger partial charge is 0.308 e. The molecule has 0 amide bonds. The van der Waals surface area contributed by atoms with Crippen LogP contribution in [0.4, 0.5) is 0 Å². The summed E-state index contributed by atoms with van der Waals surface area (Å²) in [5.41, 5.74) is 0.417. The third-order valence-corrected chi connectivity index (χ3v) is 2.44. The van der Waals surface area contributed by atoms with Gasteiger partial charge in [0.05, 0.1) is 25.7 Å². The van der Waals surface area contributed by atoms with Crippen molar-refractivity contribution in [2.24, 2.45) is 0 Å². The summed E-state index contributed by atoms with van der Waals surface area (Å²) in [6.07, 6.45) is -1.27. The van der Waals surface area contributed by atoms with Gasteiger partial charge in [0.1, 0.15) is 6.10 Å². The van der Waals surface area contributed by atoms with Gasteiger partial charge in [0.25, 0.3) is 0 Å². The number of aliphatic hydroxyl groups excluding tert-OH is 2. The van der Waals surface area contributed by atoms with Crippen molar-refractivity contribution in [3.05, 3.63) is 23.9 Å². The lowest BCUT2D eigenvalue weighted by molar-refractivity contribution is -0.147. The Hall–Kier alpha value is -1.66. The van der Waals surface area contributed by atoms with E-state index in [9.17, 15) is 15.0 Å². The summed E-state index contributed by atoms with van der Waals surface area (Å²) in [5, 5.41) is 19.6. The van der Waals surface area contributed by atoms with Gasteiger partial charge in [-0.25, -0.2) is 4.98 Å². The topological polar surface area (TPSA) is 88.9 Å². The van der Waals surface area contributed by atoms with Crippen LogP contribution in [0.15, 0.2) is 18.3 Å². The standard InChI is InChI=1S/C13H19NO5/c1-3-18-11-6-5-9(8-14-11)13(17)10(15)7-12(16)19-4-2/h5-6,8,10,13,15,17H,3-4,7H2,1-2H3. The van der Waals surface area contributed by atoms with E-state index in [1.807, 2.05) is 6.92 Å². The van der Waals surface area contributed by atoms with Crippen LogP contribution in [-0.2, 0) is 9.53 Å². The van der Waals surface area contributed by atoms with Crippen molar-refractivity contribution >= 4 is 5.97 Å². The Morgan fingerprint density at radius 2 is 2.05 bits per heavy atom. The molecule has 2 unspecified atom stereocenters. The van der Waals surface area contributed by atoms with E-state index < -0.39 is 18.2 Å². The summed E-state index contributed by atoms with van der Waals surface area (Å²) in [5.74, 6) is -0.105. The van der Waals surface area contributed by atoms with Crippen molar-refractivity contribution in [2.75, 3.05) is 13.2 Å². The van der Waals surface area contributed by atoms with Gasteiger partial charge in [0.15, 0.2) is 0 Å². The molecule has 0 saturated carbocycles. The van der Waals surface area contributed by atoms with Crippen LogP contribution in [-0.4, -0.2) is 40.5 Å². The van der Waals surface area contributed by atoms with Crippen LogP contribution in [0.1, 0.15) is 31.9 Å². The molecule has 0 radical (unpaired) electrons. The van der Waals surface area contributed by atoms with Crippen LogP contribution in [0.3, 0.4) is 0 Å². The van der Waals surface area contributed by atoms with Crippen molar-refractivity contribution in [2.45, 2.75) is 32.5 Å². The molecule has 1 rings (SSSR count). The molecule has 6 heteroatoms. The molecule has 0 aliphatic carbocycles. The van der Waals surface area contributed by atoms with E-state index in [4.69, 9.17) is 9.47 Å². The van der Waals surface area contributed by atoms with E-state index in [-0.39, 0.29) is 13.0 Å². The summed E-state index contributed by atoms with van der Waals surface area (Å²) >= 11 is 0. The van der Waals surface area contributed by atoms with E-state index in [0.717, 1.165) is 0 Å². The van der Waals surface area contributed by atoms with Gasteiger partial charge in [-0.3, -0.25) is 4.79 Å². The zero-order chi connectivity index (χ0) is 14.3. The first kappa shape index (κ1) is 15.4. The fourth-order valence-electron chi connectivity index (χ4n) is 1.52. The highest BCUT2D eigenvalue weighted by Gasteiger charge is 2.22. The minimum atomic E-state index is -1.22. The minimum absolute atomic E-state index is 0.242. The number of hydrogen-bond donors (Lipinski definition) is 2. The molecule has 0 aromatic carbocycles.